The SMILES string of the molecule is BrC=C1c2ccccc2CCc2cc(OCCN3CCOCC3)ccc21. The Morgan fingerprint density at radius 3 is 2.62 bits per heavy atom. The zero-order chi connectivity index (χ0) is 17.8. The fraction of sp³-hybridized carbons (Fsp3) is 0.364. The van der Waals surface area contributed by atoms with Crippen LogP contribution in [0.2, 0.25) is 0 Å². The normalized spacial score (nSPS) is 18.9. The standard InChI is InChI=1S/C22H24BrNO2/c23-16-22-20-4-2-1-3-17(20)5-6-18-15-19(7-8-21(18)22)26-14-11-24-9-12-25-13-10-24/h1-4,7-8,15-16H,5-6,9-14H2. The highest BCUT2D eigenvalue weighted by molar-refractivity contribution is 9.11. The van der Waals surface area contributed by atoms with Crippen molar-refractivity contribution >= 4 is 21.5 Å². The smallest absolute Gasteiger partial charge is 0.119 e. The summed E-state index contributed by atoms with van der Waals surface area (Å²) in [5, 5.41) is 0. The van der Waals surface area contributed by atoms with E-state index in [1.54, 1.807) is 0 Å². The molecule has 0 radical (unpaired) electrons. The summed E-state index contributed by atoms with van der Waals surface area (Å²) in [5.74, 6) is 0.969. The first-order chi connectivity index (χ1) is 12.8. The Bertz CT molecular complexity index is 796. The van der Waals surface area contributed by atoms with Crippen LogP contribution < -0.4 is 4.74 Å². The van der Waals surface area contributed by atoms with Crippen LogP contribution in [0.4, 0.5) is 0 Å². The van der Waals surface area contributed by atoms with E-state index in [-0.39, 0.29) is 0 Å². The van der Waals surface area contributed by atoms with Gasteiger partial charge in [-0.25, -0.2) is 0 Å². The minimum atomic E-state index is 0.722. The van der Waals surface area contributed by atoms with E-state index in [2.05, 4.69) is 68.3 Å². The van der Waals surface area contributed by atoms with E-state index in [1.807, 2.05) is 0 Å². The van der Waals surface area contributed by atoms with E-state index in [9.17, 15) is 0 Å². The lowest BCUT2D eigenvalue weighted by Gasteiger charge is -2.26. The van der Waals surface area contributed by atoms with E-state index in [0.29, 0.717) is 0 Å². The van der Waals surface area contributed by atoms with Gasteiger partial charge in [-0.1, -0.05) is 46.3 Å². The predicted octanol–water partition coefficient (Wildman–Crippen LogP) is 4.28. The summed E-state index contributed by atoms with van der Waals surface area (Å²) in [5.41, 5.74) is 6.64. The first-order valence-corrected chi connectivity index (χ1v) is 10.2. The molecule has 0 aromatic heterocycles. The summed E-state index contributed by atoms with van der Waals surface area (Å²) >= 11 is 3.58. The summed E-state index contributed by atoms with van der Waals surface area (Å²) < 4.78 is 11.4. The third-order valence-corrected chi connectivity index (χ3v) is 5.68. The molecule has 26 heavy (non-hydrogen) atoms. The van der Waals surface area contributed by atoms with Gasteiger partial charge in [0.25, 0.3) is 0 Å². The number of hydrogen-bond acceptors (Lipinski definition) is 3. The fourth-order valence-electron chi connectivity index (χ4n) is 3.78. The number of nitrogens with zero attached hydrogens (tertiary/aromatic N) is 1. The molecule has 2 aliphatic rings. The van der Waals surface area contributed by atoms with E-state index in [0.717, 1.165) is 58.0 Å². The topological polar surface area (TPSA) is 21.7 Å². The maximum Gasteiger partial charge on any atom is 0.119 e. The molecule has 2 aromatic carbocycles. The molecule has 4 rings (SSSR count). The largest absolute Gasteiger partial charge is 0.492 e. The minimum absolute atomic E-state index is 0.722. The predicted molar refractivity (Wildman–Crippen MR) is 109 cm³/mol. The second-order valence-corrected chi connectivity index (χ2v) is 7.26. The summed E-state index contributed by atoms with van der Waals surface area (Å²) in [4.78, 5) is 4.45. The molecular formula is C22H24BrNO2. The number of ether oxygens (including phenoxy) is 2. The van der Waals surface area contributed by atoms with E-state index in [4.69, 9.17) is 9.47 Å². The van der Waals surface area contributed by atoms with Gasteiger partial charge in [0, 0.05) is 19.6 Å². The lowest BCUT2D eigenvalue weighted by molar-refractivity contribution is 0.0322. The van der Waals surface area contributed by atoms with Crippen LogP contribution in [0.15, 0.2) is 47.4 Å². The molecular weight excluding hydrogens is 390 g/mol. The molecule has 1 fully saturated rings. The van der Waals surface area contributed by atoms with Gasteiger partial charge in [0.05, 0.1) is 13.2 Å². The monoisotopic (exact) mass is 413 g/mol. The molecule has 136 valence electrons. The summed E-state index contributed by atoms with van der Waals surface area (Å²) in [6.45, 7) is 5.36. The Morgan fingerprint density at radius 1 is 1.00 bits per heavy atom. The quantitative estimate of drug-likeness (QED) is 0.746. The highest BCUT2D eigenvalue weighted by Gasteiger charge is 2.18. The molecule has 0 amide bonds. The highest BCUT2D eigenvalue weighted by Crippen LogP contribution is 2.35. The second-order valence-electron chi connectivity index (χ2n) is 6.80. The molecule has 0 saturated carbocycles. The first kappa shape index (κ1) is 17.8. The van der Waals surface area contributed by atoms with Crippen LogP contribution in [0.25, 0.3) is 5.57 Å². The van der Waals surface area contributed by atoms with E-state index >= 15 is 0 Å². The summed E-state index contributed by atoms with van der Waals surface area (Å²) in [6, 6.07) is 15.2. The van der Waals surface area contributed by atoms with E-state index in [1.165, 1.54) is 27.8 Å². The van der Waals surface area contributed by atoms with Crippen molar-refractivity contribution in [3.63, 3.8) is 0 Å². The van der Waals surface area contributed by atoms with Crippen LogP contribution in [0.5, 0.6) is 5.75 Å². The van der Waals surface area contributed by atoms with Crippen molar-refractivity contribution in [2.24, 2.45) is 0 Å². The van der Waals surface area contributed by atoms with Crippen molar-refractivity contribution in [1.29, 1.82) is 0 Å². The maximum absolute atomic E-state index is 6.05. The number of hydrogen-bond donors (Lipinski definition) is 0. The van der Waals surface area contributed by atoms with Crippen molar-refractivity contribution in [2.45, 2.75) is 12.8 Å². The number of halogens is 1. The molecule has 0 atom stereocenters. The second kappa shape index (κ2) is 8.38. The van der Waals surface area contributed by atoms with Crippen LogP contribution in [0, 0.1) is 0 Å². The molecule has 4 heteroatoms. The number of fused-ring (bicyclic) bond motifs is 2. The van der Waals surface area contributed by atoms with Gasteiger partial charge in [0.15, 0.2) is 0 Å². The number of benzene rings is 2. The molecule has 1 aliphatic carbocycles. The van der Waals surface area contributed by atoms with Crippen LogP contribution in [-0.2, 0) is 17.6 Å². The van der Waals surface area contributed by atoms with Gasteiger partial charge in [-0.15, -0.1) is 0 Å². The molecule has 2 aromatic rings. The Balaban J connectivity index is 1.48. The molecule has 1 aliphatic heterocycles. The molecule has 1 heterocycles. The fourth-order valence-corrected chi connectivity index (χ4v) is 4.27. The minimum Gasteiger partial charge on any atom is -0.492 e. The Labute approximate surface area is 163 Å². The van der Waals surface area contributed by atoms with Gasteiger partial charge in [0.2, 0.25) is 0 Å². The van der Waals surface area contributed by atoms with Gasteiger partial charge in [0.1, 0.15) is 12.4 Å². The molecule has 0 spiro atoms. The van der Waals surface area contributed by atoms with Gasteiger partial charge in [-0.2, -0.15) is 0 Å². The van der Waals surface area contributed by atoms with Gasteiger partial charge in [-0.3, -0.25) is 4.90 Å². The van der Waals surface area contributed by atoms with E-state index < -0.39 is 0 Å². The summed E-state index contributed by atoms with van der Waals surface area (Å²) in [6.07, 6.45) is 2.10. The Morgan fingerprint density at radius 2 is 1.77 bits per heavy atom. The van der Waals surface area contributed by atoms with Crippen molar-refractivity contribution in [3.05, 3.63) is 69.7 Å². The van der Waals surface area contributed by atoms with Crippen LogP contribution >= 0.6 is 15.9 Å². The van der Waals surface area contributed by atoms with Crippen molar-refractivity contribution in [1.82, 2.24) is 4.90 Å². The van der Waals surface area contributed by atoms with Crippen LogP contribution in [-0.4, -0.2) is 44.4 Å². The maximum atomic E-state index is 6.05. The number of aryl methyl sites for hydroxylation is 2. The van der Waals surface area contributed by atoms with Crippen LogP contribution in [0.1, 0.15) is 22.3 Å². The molecule has 0 unspecified atom stereocenters. The van der Waals surface area contributed by atoms with Gasteiger partial charge >= 0.3 is 0 Å². The Hall–Kier alpha value is -1.62. The number of morpholine rings is 1. The van der Waals surface area contributed by atoms with Crippen molar-refractivity contribution < 1.29 is 9.47 Å². The zero-order valence-corrected chi connectivity index (χ0v) is 16.5. The summed E-state index contributed by atoms with van der Waals surface area (Å²) in [7, 11) is 0. The van der Waals surface area contributed by atoms with Crippen LogP contribution in [0.3, 0.4) is 0 Å². The van der Waals surface area contributed by atoms with Crippen molar-refractivity contribution in [2.75, 3.05) is 39.5 Å². The molecule has 3 nitrogen and oxygen atoms in total. The molecule has 1 saturated heterocycles. The first-order valence-electron chi connectivity index (χ1n) is 9.30. The Kier molecular flexibility index (Phi) is 5.73. The lowest BCUT2D eigenvalue weighted by atomic mass is 9.95. The lowest BCUT2D eigenvalue weighted by Crippen LogP contribution is -2.38. The third-order valence-electron chi connectivity index (χ3n) is 5.23. The molecule has 0 bridgehead atoms. The van der Waals surface area contributed by atoms with Gasteiger partial charge < -0.3 is 9.47 Å². The molecule has 0 N–H and O–H groups in total. The van der Waals surface area contributed by atoms with Crippen molar-refractivity contribution in [3.8, 4) is 5.75 Å². The number of rotatable bonds is 4. The average molecular weight is 414 g/mol. The zero-order valence-electron chi connectivity index (χ0n) is 14.9. The van der Waals surface area contributed by atoms with Gasteiger partial charge in [-0.05, 0) is 57.8 Å². The average Bonchev–Trinajstić information content (AvgIpc) is 2.85. The third kappa shape index (κ3) is 3.88. The highest BCUT2D eigenvalue weighted by atomic mass is 79.9.